The van der Waals surface area contributed by atoms with E-state index in [4.69, 9.17) is 23.7 Å². The Morgan fingerprint density at radius 2 is 1.16 bits per heavy atom. The molecule has 4 unspecified atom stereocenters. The van der Waals surface area contributed by atoms with E-state index in [2.05, 4.69) is 6.92 Å². The molecule has 0 saturated carbocycles. The monoisotopic (exact) mass is 442 g/mol. The Kier molecular flexibility index (Phi) is 10.7. The standard InChI is InChI=1S/C25H46O6/c1-7-8-12-15-19-21(30-24(2,3)28-19)18-22-20(29-25(4,5)31-22)16-13-10-9-11-14-17-23(26)27-6/h19-22H,7-18H2,1-6H3. The van der Waals surface area contributed by atoms with Crippen LogP contribution in [0.15, 0.2) is 0 Å². The van der Waals surface area contributed by atoms with Crippen LogP contribution in [-0.2, 0) is 28.5 Å². The first-order chi connectivity index (χ1) is 14.7. The Labute approximate surface area is 189 Å². The van der Waals surface area contributed by atoms with Crippen LogP contribution in [0.2, 0.25) is 0 Å². The molecule has 0 aromatic heterocycles. The van der Waals surface area contributed by atoms with Gasteiger partial charge in [0.25, 0.3) is 0 Å². The van der Waals surface area contributed by atoms with E-state index in [1.807, 2.05) is 27.7 Å². The van der Waals surface area contributed by atoms with Gasteiger partial charge < -0.3 is 23.7 Å². The van der Waals surface area contributed by atoms with Crippen molar-refractivity contribution in [2.45, 2.75) is 148 Å². The minimum absolute atomic E-state index is 0.0329. The number of methoxy groups -OCH3 is 1. The van der Waals surface area contributed by atoms with Crippen LogP contribution in [0.3, 0.4) is 0 Å². The van der Waals surface area contributed by atoms with Gasteiger partial charge in [-0.15, -0.1) is 0 Å². The second-order valence-electron chi connectivity index (χ2n) is 10.0. The zero-order chi connectivity index (χ0) is 22.9. The van der Waals surface area contributed by atoms with Crippen molar-refractivity contribution in [3.05, 3.63) is 0 Å². The van der Waals surface area contributed by atoms with Gasteiger partial charge in [-0.25, -0.2) is 0 Å². The van der Waals surface area contributed by atoms with Gasteiger partial charge in [0.1, 0.15) is 0 Å². The fourth-order valence-corrected chi connectivity index (χ4v) is 4.78. The third kappa shape index (κ3) is 9.37. The normalized spacial score (nSPS) is 29.4. The molecule has 0 N–H and O–H groups in total. The van der Waals surface area contributed by atoms with Gasteiger partial charge in [0.2, 0.25) is 0 Å². The highest BCUT2D eigenvalue weighted by Crippen LogP contribution is 2.38. The molecule has 4 atom stereocenters. The average Bonchev–Trinajstić information content (AvgIpc) is 3.14. The summed E-state index contributed by atoms with van der Waals surface area (Å²) >= 11 is 0. The predicted octanol–water partition coefficient (Wildman–Crippen LogP) is 5.90. The van der Waals surface area contributed by atoms with Gasteiger partial charge in [-0.2, -0.15) is 0 Å². The maximum absolute atomic E-state index is 11.2. The summed E-state index contributed by atoms with van der Waals surface area (Å²) in [7, 11) is 1.45. The first kappa shape index (κ1) is 26.6. The van der Waals surface area contributed by atoms with Crippen LogP contribution >= 0.6 is 0 Å². The molecule has 31 heavy (non-hydrogen) atoms. The van der Waals surface area contributed by atoms with Crippen LogP contribution in [-0.4, -0.2) is 49.1 Å². The van der Waals surface area contributed by atoms with Gasteiger partial charge in [0.05, 0.1) is 31.5 Å². The Morgan fingerprint density at radius 1 is 0.710 bits per heavy atom. The molecule has 2 aliphatic rings. The highest BCUT2D eigenvalue weighted by molar-refractivity contribution is 5.68. The number of esters is 1. The number of hydrogen-bond acceptors (Lipinski definition) is 6. The molecule has 2 heterocycles. The van der Waals surface area contributed by atoms with Gasteiger partial charge in [0, 0.05) is 12.8 Å². The van der Waals surface area contributed by atoms with Crippen LogP contribution < -0.4 is 0 Å². The van der Waals surface area contributed by atoms with Crippen molar-refractivity contribution in [2.24, 2.45) is 0 Å². The van der Waals surface area contributed by atoms with Crippen molar-refractivity contribution in [1.29, 1.82) is 0 Å². The second kappa shape index (κ2) is 12.5. The lowest BCUT2D eigenvalue weighted by Crippen LogP contribution is -2.33. The fraction of sp³-hybridized carbons (Fsp3) is 0.960. The summed E-state index contributed by atoms with van der Waals surface area (Å²) in [5.74, 6) is -1.20. The smallest absolute Gasteiger partial charge is 0.305 e. The third-order valence-corrected chi connectivity index (χ3v) is 6.22. The molecule has 0 aromatic rings. The van der Waals surface area contributed by atoms with Crippen LogP contribution in [0.4, 0.5) is 0 Å². The molecule has 2 fully saturated rings. The van der Waals surface area contributed by atoms with E-state index in [9.17, 15) is 4.79 Å². The molecular formula is C25H46O6. The number of unbranched alkanes of at least 4 members (excludes halogenated alkanes) is 6. The first-order valence-electron chi connectivity index (χ1n) is 12.4. The molecular weight excluding hydrogens is 396 g/mol. The predicted molar refractivity (Wildman–Crippen MR) is 121 cm³/mol. The van der Waals surface area contributed by atoms with Crippen LogP contribution in [0.5, 0.6) is 0 Å². The molecule has 2 rings (SSSR count). The van der Waals surface area contributed by atoms with Crippen molar-refractivity contribution in [1.82, 2.24) is 0 Å². The Morgan fingerprint density at radius 3 is 1.68 bits per heavy atom. The van der Waals surface area contributed by atoms with Crippen molar-refractivity contribution in [2.75, 3.05) is 7.11 Å². The summed E-state index contributed by atoms with van der Waals surface area (Å²) in [6, 6.07) is 0. The Bertz CT molecular complexity index is 532. The second-order valence-corrected chi connectivity index (χ2v) is 10.0. The summed E-state index contributed by atoms with van der Waals surface area (Å²) in [6.45, 7) is 10.2. The van der Waals surface area contributed by atoms with Crippen LogP contribution in [0, 0.1) is 0 Å². The van der Waals surface area contributed by atoms with Gasteiger partial charge in [-0.05, 0) is 47.0 Å². The highest BCUT2D eigenvalue weighted by atomic mass is 16.8. The lowest BCUT2D eigenvalue weighted by molar-refractivity contribution is -0.157. The SMILES string of the molecule is CCCCCC1OC(C)(C)OC1CC1OC(C)(C)OC1CCCCCCCC(=O)OC. The molecule has 2 saturated heterocycles. The van der Waals surface area contributed by atoms with Crippen molar-refractivity contribution >= 4 is 5.97 Å². The highest BCUT2D eigenvalue weighted by Gasteiger charge is 2.47. The van der Waals surface area contributed by atoms with E-state index in [1.165, 1.54) is 26.4 Å². The maximum atomic E-state index is 11.2. The third-order valence-electron chi connectivity index (χ3n) is 6.22. The molecule has 0 radical (unpaired) electrons. The lowest BCUT2D eigenvalue weighted by atomic mass is 9.96. The topological polar surface area (TPSA) is 63.2 Å². The number of ether oxygens (including phenoxy) is 5. The van der Waals surface area contributed by atoms with E-state index in [1.54, 1.807) is 0 Å². The Hall–Kier alpha value is -0.690. The van der Waals surface area contributed by atoms with Crippen LogP contribution in [0.25, 0.3) is 0 Å². The quantitative estimate of drug-likeness (QED) is 0.246. The molecule has 182 valence electrons. The van der Waals surface area contributed by atoms with Gasteiger partial charge in [0.15, 0.2) is 11.6 Å². The van der Waals surface area contributed by atoms with Gasteiger partial charge >= 0.3 is 5.97 Å². The molecule has 0 aromatic carbocycles. The molecule has 2 aliphatic heterocycles. The average molecular weight is 443 g/mol. The molecule has 0 amide bonds. The number of rotatable bonds is 14. The summed E-state index contributed by atoms with van der Waals surface area (Å²) in [5, 5.41) is 0. The van der Waals surface area contributed by atoms with Crippen molar-refractivity contribution < 1.29 is 28.5 Å². The fourth-order valence-electron chi connectivity index (χ4n) is 4.78. The lowest BCUT2D eigenvalue weighted by Gasteiger charge is -2.23. The summed E-state index contributed by atoms with van der Waals surface area (Å²) in [5.41, 5.74) is 0. The summed E-state index contributed by atoms with van der Waals surface area (Å²) < 4.78 is 29.7. The maximum Gasteiger partial charge on any atom is 0.305 e. The van der Waals surface area contributed by atoms with E-state index in [0.29, 0.717) is 6.42 Å². The first-order valence-corrected chi connectivity index (χ1v) is 12.4. The van der Waals surface area contributed by atoms with Gasteiger partial charge in [-0.3, -0.25) is 4.79 Å². The minimum Gasteiger partial charge on any atom is -0.469 e. The number of carbonyl (C=O) groups excluding carboxylic acids is 1. The summed E-state index contributed by atoms with van der Waals surface area (Å²) in [6.07, 6.45) is 12.6. The zero-order valence-electron chi connectivity index (χ0n) is 20.7. The van der Waals surface area contributed by atoms with Gasteiger partial charge in [-0.1, -0.05) is 51.9 Å². The van der Waals surface area contributed by atoms with E-state index >= 15 is 0 Å². The Balaban J connectivity index is 1.79. The number of carbonyl (C=O) groups is 1. The zero-order valence-corrected chi connectivity index (χ0v) is 20.7. The molecule has 0 spiro atoms. The summed E-state index contributed by atoms with van der Waals surface area (Å²) in [4.78, 5) is 11.2. The van der Waals surface area contributed by atoms with Crippen molar-refractivity contribution in [3.63, 3.8) is 0 Å². The number of hydrogen-bond donors (Lipinski definition) is 0. The minimum atomic E-state index is -0.553. The molecule has 6 heteroatoms. The van der Waals surface area contributed by atoms with Crippen molar-refractivity contribution in [3.8, 4) is 0 Å². The van der Waals surface area contributed by atoms with E-state index in [0.717, 1.165) is 51.4 Å². The van der Waals surface area contributed by atoms with Crippen LogP contribution in [0.1, 0.15) is 112 Å². The molecule has 0 aliphatic carbocycles. The molecule has 0 bridgehead atoms. The molecule has 6 nitrogen and oxygen atoms in total. The van der Waals surface area contributed by atoms with E-state index in [-0.39, 0.29) is 30.4 Å². The van der Waals surface area contributed by atoms with E-state index < -0.39 is 11.6 Å². The largest absolute Gasteiger partial charge is 0.469 e.